The third-order valence-electron chi connectivity index (χ3n) is 2.74. The third-order valence-corrected chi connectivity index (χ3v) is 2.74. The quantitative estimate of drug-likeness (QED) is 0.819. The monoisotopic (exact) mass is 220 g/mol. The van der Waals surface area contributed by atoms with Gasteiger partial charge in [0, 0.05) is 17.6 Å². The van der Waals surface area contributed by atoms with E-state index >= 15 is 0 Å². The van der Waals surface area contributed by atoms with Gasteiger partial charge in [0.1, 0.15) is 0 Å². The molecule has 0 aliphatic rings. The number of hydrogen-bond donors (Lipinski definition) is 2. The van der Waals surface area contributed by atoms with Crippen LogP contribution in [0.4, 0.5) is 5.69 Å². The Labute approximate surface area is 97.0 Å². The van der Waals surface area contributed by atoms with E-state index in [-0.39, 0.29) is 17.9 Å². The SMILES string of the molecule is CCC(C)C(=O)Nc1cccc(C(C)N)c1. The summed E-state index contributed by atoms with van der Waals surface area (Å²) in [5.41, 5.74) is 7.64. The highest BCUT2D eigenvalue weighted by Crippen LogP contribution is 2.16. The molecule has 0 radical (unpaired) electrons. The second-order valence-electron chi connectivity index (χ2n) is 4.21. The second kappa shape index (κ2) is 5.66. The van der Waals surface area contributed by atoms with Crippen LogP contribution in [-0.4, -0.2) is 5.91 Å². The first-order valence-corrected chi connectivity index (χ1v) is 5.71. The summed E-state index contributed by atoms with van der Waals surface area (Å²) >= 11 is 0. The zero-order valence-electron chi connectivity index (χ0n) is 10.2. The fraction of sp³-hybridized carbons (Fsp3) is 0.462. The number of nitrogens with two attached hydrogens (primary N) is 1. The molecule has 1 amide bonds. The van der Waals surface area contributed by atoms with Crippen molar-refractivity contribution in [3.05, 3.63) is 29.8 Å². The first-order chi connectivity index (χ1) is 7.54. The number of anilines is 1. The average Bonchev–Trinajstić information content (AvgIpc) is 2.28. The van der Waals surface area contributed by atoms with Gasteiger partial charge in [0.2, 0.25) is 5.91 Å². The number of benzene rings is 1. The summed E-state index contributed by atoms with van der Waals surface area (Å²) in [7, 11) is 0. The molecule has 0 saturated carbocycles. The van der Waals surface area contributed by atoms with Crippen molar-refractivity contribution < 1.29 is 4.79 Å². The molecule has 3 heteroatoms. The van der Waals surface area contributed by atoms with Gasteiger partial charge in [-0.25, -0.2) is 0 Å². The zero-order valence-corrected chi connectivity index (χ0v) is 10.2. The molecule has 88 valence electrons. The minimum absolute atomic E-state index is 0.0135. The molecule has 2 atom stereocenters. The van der Waals surface area contributed by atoms with Crippen molar-refractivity contribution in [1.29, 1.82) is 0 Å². The Bertz CT molecular complexity index is 361. The van der Waals surface area contributed by atoms with Gasteiger partial charge in [0.05, 0.1) is 0 Å². The van der Waals surface area contributed by atoms with E-state index in [4.69, 9.17) is 5.73 Å². The zero-order chi connectivity index (χ0) is 12.1. The fourth-order valence-electron chi connectivity index (χ4n) is 1.35. The molecule has 0 saturated heterocycles. The van der Waals surface area contributed by atoms with Crippen molar-refractivity contribution in [2.45, 2.75) is 33.2 Å². The van der Waals surface area contributed by atoms with Gasteiger partial charge in [-0.15, -0.1) is 0 Å². The Morgan fingerprint density at radius 1 is 1.44 bits per heavy atom. The molecule has 0 spiro atoms. The molecule has 2 unspecified atom stereocenters. The van der Waals surface area contributed by atoms with Crippen LogP contribution >= 0.6 is 0 Å². The van der Waals surface area contributed by atoms with Crippen LogP contribution in [0.3, 0.4) is 0 Å². The van der Waals surface area contributed by atoms with Crippen LogP contribution < -0.4 is 11.1 Å². The number of nitrogens with one attached hydrogen (secondary N) is 1. The van der Waals surface area contributed by atoms with Gasteiger partial charge in [0.25, 0.3) is 0 Å². The minimum atomic E-state index is -0.0135. The highest BCUT2D eigenvalue weighted by molar-refractivity contribution is 5.92. The van der Waals surface area contributed by atoms with Crippen LogP contribution in [0.15, 0.2) is 24.3 Å². The largest absolute Gasteiger partial charge is 0.326 e. The van der Waals surface area contributed by atoms with Crippen LogP contribution in [0, 0.1) is 5.92 Å². The van der Waals surface area contributed by atoms with Gasteiger partial charge in [-0.3, -0.25) is 4.79 Å². The molecule has 1 aromatic rings. The number of amides is 1. The highest BCUT2D eigenvalue weighted by atomic mass is 16.1. The van der Waals surface area contributed by atoms with E-state index in [1.165, 1.54) is 0 Å². The maximum Gasteiger partial charge on any atom is 0.227 e. The van der Waals surface area contributed by atoms with Gasteiger partial charge >= 0.3 is 0 Å². The molecule has 3 nitrogen and oxygen atoms in total. The summed E-state index contributed by atoms with van der Waals surface area (Å²) < 4.78 is 0. The predicted molar refractivity (Wildman–Crippen MR) is 67.1 cm³/mol. The predicted octanol–water partition coefficient (Wildman–Crippen LogP) is 2.69. The van der Waals surface area contributed by atoms with Gasteiger partial charge in [-0.2, -0.15) is 0 Å². The fourth-order valence-corrected chi connectivity index (χ4v) is 1.35. The maximum atomic E-state index is 11.7. The van der Waals surface area contributed by atoms with E-state index in [0.29, 0.717) is 0 Å². The van der Waals surface area contributed by atoms with E-state index in [9.17, 15) is 4.79 Å². The number of carbonyl (C=O) groups is 1. The lowest BCUT2D eigenvalue weighted by atomic mass is 10.1. The smallest absolute Gasteiger partial charge is 0.227 e. The molecule has 0 heterocycles. The Morgan fingerprint density at radius 2 is 2.12 bits per heavy atom. The van der Waals surface area contributed by atoms with E-state index in [1.54, 1.807) is 0 Å². The molecule has 1 aromatic carbocycles. The minimum Gasteiger partial charge on any atom is -0.326 e. The summed E-state index contributed by atoms with van der Waals surface area (Å²) in [6.45, 7) is 5.85. The number of hydrogen-bond acceptors (Lipinski definition) is 2. The lowest BCUT2D eigenvalue weighted by molar-refractivity contribution is -0.119. The number of carbonyl (C=O) groups excluding carboxylic acids is 1. The van der Waals surface area contributed by atoms with E-state index < -0.39 is 0 Å². The van der Waals surface area contributed by atoms with Crippen LogP contribution in [0.5, 0.6) is 0 Å². The average molecular weight is 220 g/mol. The van der Waals surface area contributed by atoms with E-state index in [2.05, 4.69) is 5.32 Å². The van der Waals surface area contributed by atoms with E-state index in [0.717, 1.165) is 17.7 Å². The van der Waals surface area contributed by atoms with Crippen molar-refractivity contribution >= 4 is 11.6 Å². The summed E-state index contributed by atoms with van der Waals surface area (Å²) in [6, 6.07) is 7.66. The van der Waals surface area contributed by atoms with Crippen molar-refractivity contribution in [3.8, 4) is 0 Å². The highest BCUT2D eigenvalue weighted by Gasteiger charge is 2.10. The molecule has 3 N–H and O–H groups in total. The first-order valence-electron chi connectivity index (χ1n) is 5.71. The molecule has 0 aliphatic heterocycles. The third kappa shape index (κ3) is 3.35. The molecule has 0 bridgehead atoms. The molecule has 16 heavy (non-hydrogen) atoms. The summed E-state index contributed by atoms with van der Waals surface area (Å²) in [6.07, 6.45) is 0.846. The standard InChI is InChI=1S/C13H20N2O/c1-4-9(2)13(16)15-12-7-5-6-11(8-12)10(3)14/h5-10H,4,14H2,1-3H3,(H,15,16). The van der Waals surface area contributed by atoms with Gasteiger partial charge in [-0.05, 0) is 31.0 Å². The van der Waals surface area contributed by atoms with Gasteiger partial charge in [-0.1, -0.05) is 26.0 Å². The maximum absolute atomic E-state index is 11.7. The van der Waals surface area contributed by atoms with Crippen LogP contribution in [0.2, 0.25) is 0 Å². The summed E-state index contributed by atoms with van der Waals surface area (Å²) in [4.78, 5) is 11.7. The summed E-state index contributed by atoms with van der Waals surface area (Å²) in [5.74, 6) is 0.100. The van der Waals surface area contributed by atoms with Gasteiger partial charge in [0.15, 0.2) is 0 Å². The normalized spacial score (nSPS) is 14.2. The topological polar surface area (TPSA) is 55.1 Å². The molecule has 0 fully saturated rings. The first kappa shape index (κ1) is 12.7. The van der Waals surface area contributed by atoms with Crippen molar-refractivity contribution in [2.75, 3.05) is 5.32 Å². The Kier molecular flexibility index (Phi) is 4.50. The molecule has 1 rings (SSSR count). The Balaban J connectivity index is 2.74. The van der Waals surface area contributed by atoms with Crippen LogP contribution in [-0.2, 0) is 4.79 Å². The van der Waals surface area contributed by atoms with Crippen LogP contribution in [0.25, 0.3) is 0 Å². The van der Waals surface area contributed by atoms with Crippen LogP contribution in [0.1, 0.15) is 38.8 Å². The Hall–Kier alpha value is -1.35. The van der Waals surface area contributed by atoms with E-state index in [1.807, 2.05) is 45.0 Å². The summed E-state index contributed by atoms with van der Waals surface area (Å²) in [5, 5.41) is 2.89. The van der Waals surface area contributed by atoms with Gasteiger partial charge < -0.3 is 11.1 Å². The Morgan fingerprint density at radius 3 is 2.69 bits per heavy atom. The molecular formula is C13H20N2O. The van der Waals surface area contributed by atoms with Crippen molar-refractivity contribution in [3.63, 3.8) is 0 Å². The second-order valence-corrected chi connectivity index (χ2v) is 4.21. The lowest BCUT2D eigenvalue weighted by Crippen LogP contribution is -2.19. The van der Waals surface area contributed by atoms with Crippen molar-refractivity contribution in [2.24, 2.45) is 11.7 Å². The molecular weight excluding hydrogens is 200 g/mol. The molecule has 0 aromatic heterocycles. The lowest BCUT2D eigenvalue weighted by Gasteiger charge is -2.12. The molecule has 0 aliphatic carbocycles. The van der Waals surface area contributed by atoms with Crippen molar-refractivity contribution in [1.82, 2.24) is 0 Å². The number of rotatable bonds is 4.